The molecule has 1 saturated heterocycles. The number of guanidine groups is 1. The molecular weight excluding hydrogens is 465 g/mol. The average Bonchev–Trinajstić information content (AvgIpc) is 3.16. The van der Waals surface area contributed by atoms with Crippen LogP contribution in [0.1, 0.15) is 37.5 Å². The highest BCUT2D eigenvalue weighted by molar-refractivity contribution is 14.0. The van der Waals surface area contributed by atoms with Crippen LogP contribution in [0.5, 0.6) is 0 Å². The minimum Gasteiger partial charge on any atom is -0.357 e. The molecule has 0 aliphatic carbocycles. The van der Waals surface area contributed by atoms with Crippen molar-refractivity contribution in [2.24, 2.45) is 12.0 Å². The van der Waals surface area contributed by atoms with Crippen molar-refractivity contribution in [3.63, 3.8) is 0 Å². The van der Waals surface area contributed by atoms with Gasteiger partial charge in [-0.1, -0.05) is 30.3 Å². The highest BCUT2D eigenvalue weighted by atomic mass is 127. The van der Waals surface area contributed by atoms with Crippen LogP contribution >= 0.6 is 24.0 Å². The Hall–Kier alpha value is -1.68. The van der Waals surface area contributed by atoms with E-state index in [4.69, 9.17) is 4.99 Å². The van der Waals surface area contributed by atoms with Gasteiger partial charge in [-0.25, -0.2) is 4.99 Å². The highest BCUT2D eigenvalue weighted by Gasteiger charge is 2.29. The van der Waals surface area contributed by atoms with Crippen molar-refractivity contribution >= 4 is 29.9 Å². The van der Waals surface area contributed by atoms with Crippen LogP contribution in [0.25, 0.3) is 0 Å². The van der Waals surface area contributed by atoms with Gasteiger partial charge in [-0.15, -0.1) is 34.2 Å². The maximum Gasteiger partial charge on any atom is 0.191 e. The summed E-state index contributed by atoms with van der Waals surface area (Å²) in [6.45, 7) is 9.70. The molecule has 2 atom stereocenters. The molecule has 0 saturated carbocycles. The normalized spacial score (nSPS) is 20.1. The van der Waals surface area contributed by atoms with E-state index in [9.17, 15) is 0 Å². The standard InChI is InChI=1S/C20H31N7.HI/c1-5-21-20(22-12-19-25-24-16(3)26(19)4)23-18-11-15(2)27(14-18)13-17-9-7-6-8-10-17;/h6-10,15,18H,5,11-14H2,1-4H3,(H2,21,22,23);1H. The topological polar surface area (TPSA) is 70.4 Å². The first-order valence-corrected chi connectivity index (χ1v) is 9.74. The lowest BCUT2D eigenvalue weighted by molar-refractivity contribution is 0.258. The number of aryl methyl sites for hydroxylation is 1. The lowest BCUT2D eigenvalue weighted by Crippen LogP contribution is -2.44. The summed E-state index contributed by atoms with van der Waals surface area (Å²) in [5.41, 5.74) is 1.36. The Morgan fingerprint density at radius 3 is 2.64 bits per heavy atom. The molecule has 8 heteroatoms. The first-order chi connectivity index (χ1) is 13.1. The van der Waals surface area contributed by atoms with Gasteiger partial charge in [0.05, 0.1) is 0 Å². The van der Waals surface area contributed by atoms with Crippen LogP contribution in [-0.2, 0) is 20.1 Å². The Kier molecular flexibility index (Phi) is 8.68. The summed E-state index contributed by atoms with van der Waals surface area (Å²) in [4.78, 5) is 7.24. The summed E-state index contributed by atoms with van der Waals surface area (Å²) < 4.78 is 1.98. The van der Waals surface area contributed by atoms with Crippen molar-refractivity contribution in [1.82, 2.24) is 30.3 Å². The summed E-state index contributed by atoms with van der Waals surface area (Å²) in [5.74, 6) is 2.62. The first kappa shape index (κ1) is 22.6. The van der Waals surface area contributed by atoms with Crippen molar-refractivity contribution in [2.45, 2.75) is 52.4 Å². The molecule has 1 aromatic carbocycles. The molecule has 0 amide bonds. The number of aliphatic imine (C=N–C) groups is 1. The third-order valence-corrected chi connectivity index (χ3v) is 5.18. The quantitative estimate of drug-likeness (QED) is 0.365. The molecule has 0 bridgehead atoms. The predicted octanol–water partition coefficient (Wildman–Crippen LogP) is 2.46. The molecule has 2 heterocycles. The number of nitrogens with zero attached hydrogens (tertiary/aromatic N) is 5. The number of aromatic nitrogens is 3. The molecule has 2 aromatic rings. The number of benzene rings is 1. The third-order valence-electron chi connectivity index (χ3n) is 5.18. The fourth-order valence-corrected chi connectivity index (χ4v) is 3.49. The van der Waals surface area contributed by atoms with Crippen molar-refractivity contribution in [1.29, 1.82) is 0 Å². The Balaban J connectivity index is 0.00000280. The van der Waals surface area contributed by atoms with Crippen molar-refractivity contribution < 1.29 is 0 Å². The Morgan fingerprint density at radius 1 is 1.25 bits per heavy atom. The van der Waals surface area contributed by atoms with Crippen LogP contribution in [0.3, 0.4) is 0 Å². The lowest BCUT2D eigenvalue weighted by atomic mass is 10.2. The van der Waals surface area contributed by atoms with E-state index in [1.54, 1.807) is 0 Å². The summed E-state index contributed by atoms with van der Waals surface area (Å²) >= 11 is 0. The van der Waals surface area contributed by atoms with Crippen LogP contribution in [0.2, 0.25) is 0 Å². The second-order valence-corrected chi connectivity index (χ2v) is 7.26. The molecular formula is C20H32IN7. The SMILES string of the molecule is CCNC(=NCc1nnc(C)n1C)NC1CC(C)N(Cc2ccccc2)C1.I. The molecule has 1 fully saturated rings. The van der Waals surface area contributed by atoms with Crippen molar-refractivity contribution in [3.05, 3.63) is 47.5 Å². The monoisotopic (exact) mass is 497 g/mol. The number of hydrogen-bond donors (Lipinski definition) is 2. The van der Waals surface area contributed by atoms with E-state index in [0.29, 0.717) is 18.6 Å². The van der Waals surface area contributed by atoms with Crippen LogP contribution in [0.15, 0.2) is 35.3 Å². The fraction of sp³-hybridized carbons (Fsp3) is 0.550. The molecule has 7 nitrogen and oxygen atoms in total. The van der Waals surface area contributed by atoms with Gasteiger partial charge in [-0.05, 0) is 32.8 Å². The molecule has 1 aliphatic rings. The van der Waals surface area contributed by atoms with Crippen LogP contribution in [-0.4, -0.2) is 50.8 Å². The van der Waals surface area contributed by atoms with E-state index in [1.165, 1.54) is 5.56 Å². The van der Waals surface area contributed by atoms with Crippen molar-refractivity contribution in [2.75, 3.05) is 13.1 Å². The summed E-state index contributed by atoms with van der Waals surface area (Å²) in [5, 5.41) is 15.2. The van der Waals surface area contributed by atoms with E-state index in [2.05, 4.69) is 69.9 Å². The number of nitrogens with one attached hydrogen (secondary N) is 2. The summed E-state index contributed by atoms with van der Waals surface area (Å²) in [6, 6.07) is 11.6. The van der Waals surface area contributed by atoms with Gasteiger partial charge in [-0.2, -0.15) is 0 Å². The molecule has 1 aliphatic heterocycles. The Labute approximate surface area is 185 Å². The maximum absolute atomic E-state index is 4.71. The predicted molar refractivity (Wildman–Crippen MR) is 124 cm³/mol. The minimum absolute atomic E-state index is 0. The zero-order chi connectivity index (χ0) is 19.2. The fourth-order valence-electron chi connectivity index (χ4n) is 3.49. The largest absolute Gasteiger partial charge is 0.357 e. The molecule has 2 unspecified atom stereocenters. The summed E-state index contributed by atoms with van der Waals surface area (Å²) in [6.07, 6.45) is 1.11. The third kappa shape index (κ3) is 5.91. The average molecular weight is 497 g/mol. The van der Waals surface area contributed by atoms with Gasteiger partial charge in [0.15, 0.2) is 11.8 Å². The van der Waals surface area contributed by atoms with Crippen molar-refractivity contribution in [3.8, 4) is 0 Å². The molecule has 28 heavy (non-hydrogen) atoms. The Morgan fingerprint density at radius 2 is 2.00 bits per heavy atom. The van der Waals surface area contributed by atoms with Gasteiger partial charge in [-0.3, -0.25) is 4.90 Å². The van der Waals surface area contributed by atoms with Gasteiger partial charge in [0.2, 0.25) is 0 Å². The lowest BCUT2D eigenvalue weighted by Gasteiger charge is -2.21. The molecule has 0 radical (unpaired) electrons. The van der Waals surface area contributed by atoms with E-state index < -0.39 is 0 Å². The smallest absolute Gasteiger partial charge is 0.191 e. The van der Waals surface area contributed by atoms with Gasteiger partial charge in [0.25, 0.3) is 0 Å². The second-order valence-electron chi connectivity index (χ2n) is 7.26. The highest BCUT2D eigenvalue weighted by Crippen LogP contribution is 2.20. The van der Waals surface area contributed by atoms with Gasteiger partial charge in [0.1, 0.15) is 12.4 Å². The zero-order valence-electron chi connectivity index (χ0n) is 17.2. The van der Waals surface area contributed by atoms with Crippen LogP contribution in [0.4, 0.5) is 0 Å². The maximum atomic E-state index is 4.71. The second kappa shape index (κ2) is 10.8. The number of likely N-dealkylation sites (tertiary alicyclic amines) is 1. The van der Waals surface area contributed by atoms with E-state index in [0.717, 1.165) is 43.7 Å². The first-order valence-electron chi connectivity index (χ1n) is 9.74. The van der Waals surface area contributed by atoms with Gasteiger partial charge in [0, 0.05) is 38.8 Å². The zero-order valence-corrected chi connectivity index (χ0v) is 19.6. The van der Waals surface area contributed by atoms with Gasteiger partial charge >= 0.3 is 0 Å². The molecule has 2 N–H and O–H groups in total. The number of halogens is 1. The number of hydrogen-bond acceptors (Lipinski definition) is 4. The van der Waals surface area contributed by atoms with E-state index in [1.807, 2.05) is 18.5 Å². The molecule has 1 aromatic heterocycles. The minimum atomic E-state index is 0. The molecule has 154 valence electrons. The molecule has 3 rings (SSSR count). The Bertz CT molecular complexity index is 759. The van der Waals surface area contributed by atoms with E-state index in [-0.39, 0.29) is 24.0 Å². The molecule has 0 spiro atoms. The number of rotatable bonds is 6. The van der Waals surface area contributed by atoms with Crippen LogP contribution < -0.4 is 10.6 Å². The van der Waals surface area contributed by atoms with E-state index >= 15 is 0 Å². The summed E-state index contributed by atoms with van der Waals surface area (Å²) in [7, 11) is 1.97. The van der Waals surface area contributed by atoms with Gasteiger partial charge < -0.3 is 15.2 Å². The van der Waals surface area contributed by atoms with Crippen LogP contribution in [0, 0.1) is 6.92 Å².